The zero-order valence-electron chi connectivity index (χ0n) is 9.26. The largest absolute Gasteiger partial charge is 0.351 e. The first-order chi connectivity index (χ1) is 7.50. The topological polar surface area (TPSA) is 32.3 Å². The third kappa shape index (κ3) is 4.00. The van der Waals surface area contributed by atoms with Crippen LogP contribution in [0.4, 0.5) is 0 Å². The molecule has 0 spiro atoms. The van der Waals surface area contributed by atoms with Crippen LogP contribution in [0.15, 0.2) is 18.2 Å². The van der Waals surface area contributed by atoms with Crippen LogP contribution in [-0.4, -0.2) is 38.0 Å². The van der Waals surface area contributed by atoms with Crippen molar-refractivity contribution in [1.29, 1.82) is 0 Å². The van der Waals surface area contributed by atoms with Crippen molar-refractivity contribution in [3.63, 3.8) is 0 Å². The summed E-state index contributed by atoms with van der Waals surface area (Å²) in [6.45, 7) is 1.36. The van der Waals surface area contributed by atoms with Crippen LogP contribution in [0.25, 0.3) is 0 Å². The fourth-order valence-corrected chi connectivity index (χ4v) is 1.54. The van der Waals surface area contributed by atoms with Crippen LogP contribution in [0.3, 0.4) is 0 Å². The summed E-state index contributed by atoms with van der Waals surface area (Å²) in [6, 6.07) is 4.83. The quantitative estimate of drug-likeness (QED) is 0.901. The van der Waals surface area contributed by atoms with Crippen LogP contribution in [0.2, 0.25) is 10.0 Å². The Kier molecular flexibility index (Phi) is 5.06. The third-order valence-corrected chi connectivity index (χ3v) is 2.58. The van der Waals surface area contributed by atoms with Crippen LogP contribution in [0.5, 0.6) is 0 Å². The maximum atomic E-state index is 11.7. The number of benzene rings is 1. The fraction of sp³-hybridized carbons (Fsp3) is 0.364. The molecule has 0 saturated heterocycles. The molecule has 1 N–H and O–H groups in total. The van der Waals surface area contributed by atoms with Gasteiger partial charge in [-0.05, 0) is 32.3 Å². The Morgan fingerprint density at radius 2 is 2.06 bits per heavy atom. The average Bonchev–Trinajstić information content (AvgIpc) is 2.21. The molecule has 0 aliphatic rings. The van der Waals surface area contributed by atoms with Gasteiger partial charge >= 0.3 is 0 Å². The van der Waals surface area contributed by atoms with Crippen LogP contribution in [0, 0.1) is 0 Å². The van der Waals surface area contributed by atoms with Crippen molar-refractivity contribution in [3.05, 3.63) is 33.8 Å². The maximum Gasteiger partial charge on any atom is 0.252 e. The van der Waals surface area contributed by atoms with Gasteiger partial charge < -0.3 is 10.2 Å². The summed E-state index contributed by atoms with van der Waals surface area (Å²) in [4.78, 5) is 13.7. The number of halogens is 2. The molecule has 0 saturated carbocycles. The lowest BCUT2D eigenvalue weighted by Crippen LogP contribution is -2.31. The Labute approximate surface area is 105 Å². The maximum absolute atomic E-state index is 11.7. The molecule has 0 aliphatic heterocycles. The van der Waals surface area contributed by atoms with Crippen molar-refractivity contribution in [3.8, 4) is 0 Å². The molecule has 0 aromatic heterocycles. The number of carbonyl (C=O) groups excluding carboxylic acids is 1. The van der Waals surface area contributed by atoms with E-state index < -0.39 is 0 Å². The molecular weight excluding hydrogens is 247 g/mol. The van der Waals surface area contributed by atoms with E-state index in [9.17, 15) is 4.79 Å². The van der Waals surface area contributed by atoms with Crippen molar-refractivity contribution < 1.29 is 4.79 Å². The lowest BCUT2D eigenvalue weighted by molar-refractivity contribution is 0.0951. The summed E-state index contributed by atoms with van der Waals surface area (Å²) in [5.74, 6) is -0.200. The molecule has 0 heterocycles. The van der Waals surface area contributed by atoms with E-state index in [2.05, 4.69) is 5.32 Å². The number of likely N-dealkylation sites (N-methyl/N-ethyl adjacent to an activating group) is 1. The minimum absolute atomic E-state index is 0.200. The zero-order chi connectivity index (χ0) is 12.1. The van der Waals surface area contributed by atoms with Gasteiger partial charge in [0.15, 0.2) is 0 Å². The second kappa shape index (κ2) is 6.09. The van der Waals surface area contributed by atoms with E-state index in [4.69, 9.17) is 23.2 Å². The van der Waals surface area contributed by atoms with E-state index in [0.717, 1.165) is 6.54 Å². The lowest BCUT2D eigenvalue weighted by atomic mass is 10.2. The second-order valence-electron chi connectivity index (χ2n) is 3.68. The molecule has 1 rings (SSSR count). The normalized spacial score (nSPS) is 10.6. The van der Waals surface area contributed by atoms with Crippen LogP contribution >= 0.6 is 23.2 Å². The molecule has 16 heavy (non-hydrogen) atoms. The minimum Gasteiger partial charge on any atom is -0.351 e. The molecule has 0 aliphatic carbocycles. The van der Waals surface area contributed by atoms with Gasteiger partial charge in [-0.25, -0.2) is 0 Å². The molecule has 0 radical (unpaired) electrons. The van der Waals surface area contributed by atoms with Gasteiger partial charge in [0.1, 0.15) is 0 Å². The zero-order valence-corrected chi connectivity index (χ0v) is 10.8. The van der Waals surface area contributed by atoms with E-state index in [1.165, 1.54) is 0 Å². The molecule has 0 fully saturated rings. The molecule has 1 aromatic carbocycles. The summed E-state index contributed by atoms with van der Waals surface area (Å²) in [6.07, 6.45) is 0. The lowest BCUT2D eigenvalue weighted by Gasteiger charge is -2.11. The highest BCUT2D eigenvalue weighted by Crippen LogP contribution is 2.20. The molecule has 1 amide bonds. The van der Waals surface area contributed by atoms with E-state index in [1.807, 2.05) is 19.0 Å². The highest BCUT2D eigenvalue weighted by Gasteiger charge is 2.10. The Hall–Kier alpha value is -0.770. The standard InChI is InChI=1S/C11H14Cl2N2O/c1-15(2)6-5-14-11(16)9-7-8(12)3-4-10(9)13/h3-4,7H,5-6H2,1-2H3,(H,14,16). The van der Waals surface area contributed by atoms with Gasteiger partial charge in [-0.15, -0.1) is 0 Å². The van der Waals surface area contributed by atoms with Crippen molar-refractivity contribution >= 4 is 29.1 Å². The summed E-state index contributed by atoms with van der Waals surface area (Å²) >= 11 is 11.7. The first-order valence-corrected chi connectivity index (χ1v) is 5.64. The minimum atomic E-state index is -0.200. The highest BCUT2D eigenvalue weighted by atomic mass is 35.5. The molecule has 0 atom stereocenters. The Bertz CT molecular complexity index is 380. The molecule has 5 heteroatoms. The molecule has 1 aromatic rings. The van der Waals surface area contributed by atoms with Crippen molar-refractivity contribution in [2.45, 2.75) is 0 Å². The van der Waals surface area contributed by atoms with Gasteiger partial charge in [-0.2, -0.15) is 0 Å². The number of hydrogen-bond donors (Lipinski definition) is 1. The van der Waals surface area contributed by atoms with Crippen molar-refractivity contribution in [1.82, 2.24) is 10.2 Å². The van der Waals surface area contributed by atoms with E-state index in [0.29, 0.717) is 22.2 Å². The van der Waals surface area contributed by atoms with E-state index >= 15 is 0 Å². The van der Waals surface area contributed by atoms with E-state index in [1.54, 1.807) is 18.2 Å². The van der Waals surface area contributed by atoms with Crippen molar-refractivity contribution in [2.24, 2.45) is 0 Å². The Morgan fingerprint density at radius 1 is 1.38 bits per heavy atom. The number of carbonyl (C=O) groups is 1. The summed E-state index contributed by atoms with van der Waals surface area (Å²) in [7, 11) is 3.89. The summed E-state index contributed by atoms with van der Waals surface area (Å²) in [5, 5.41) is 3.69. The Balaban J connectivity index is 2.62. The number of rotatable bonds is 4. The number of nitrogens with zero attached hydrogens (tertiary/aromatic N) is 1. The SMILES string of the molecule is CN(C)CCNC(=O)c1cc(Cl)ccc1Cl. The van der Waals surface area contributed by atoms with Crippen LogP contribution < -0.4 is 5.32 Å². The van der Waals surface area contributed by atoms with Gasteiger partial charge in [0.05, 0.1) is 10.6 Å². The summed E-state index contributed by atoms with van der Waals surface area (Å²) < 4.78 is 0. The van der Waals surface area contributed by atoms with Gasteiger partial charge in [-0.3, -0.25) is 4.79 Å². The molecule has 0 bridgehead atoms. The molecular formula is C11H14Cl2N2O. The van der Waals surface area contributed by atoms with Gasteiger partial charge in [0, 0.05) is 18.1 Å². The van der Waals surface area contributed by atoms with Gasteiger partial charge in [0.2, 0.25) is 0 Å². The summed E-state index contributed by atoms with van der Waals surface area (Å²) in [5.41, 5.74) is 0.410. The monoisotopic (exact) mass is 260 g/mol. The van der Waals surface area contributed by atoms with Crippen LogP contribution in [0.1, 0.15) is 10.4 Å². The first-order valence-electron chi connectivity index (χ1n) is 4.88. The first kappa shape index (κ1) is 13.3. The number of hydrogen-bond acceptors (Lipinski definition) is 2. The van der Waals surface area contributed by atoms with Gasteiger partial charge in [-0.1, -0.05) is 23.2 Å². The third-order valence-electron chi connectivity index (χ3n) is 2.02. The smallest absolute Gasteiger partial charge is 0.252 e. The molecule has 0 unspecified atom stereocenters. The highest BCUT2D eigenvalue weighted by molar-refractivity contribution is 6.35. The van der Waals surface area contributed by atoms with E-state index in [-0.39, 0.29) is 5.91 Å². The molecule has 3 nitrogen and oxygen atoms in total. The second-order valence-corrected chi connectivity index (χ2v) is 4.53. The number of amides is 1. The predicted molar refractivity (Wildman–Crippen MR) is 67.3 cm³/mol. The molecule has 88 valence electrons. The van der Waals surface area contributed by atoms with Gasteiger partial charge in [0.25, 0.3) is 5.91 Å². The fourth-order valence-electron chi connectivity index (χ4n) is 1.16. The van der Waals surface area contributed by atoms with Crippen molar-refractivity contribution in [2.75, 3.05) is 27.2 Å². The Morgan fingerprint density at radius 3 is 2.69 bits per heavy atom. The predicted octanol–water partition coefficient (Wildman–Crippen LogP) is 2.28. The average molecular weight is 261 g/mol. The number of nitrogens with one attached hydrogen (secondary N) is 1. The van der Waals surface area contributed by atoms with Crippen LogP contribution in [-0.2, 0) is 0 Å².